The summed E-state index contributed by atoms with van der Waals surface area (Å²) in [6.07, 6.45) is 3.78. The molecule has 0 atom stereocenters. The molecule has 1 N–H and O–H groups in total. The first-order chi connectivity index (χ1) is 12.0. The third kappa shape index (κ3) is 3.54. The molecule has 1 saturated heterocycles. The first-order valence-electron chi connectivity index (χ1n) is 7.63. The van der Waals surface area contributed by atoms with Gasteiger partial charge in [-0.1, -0.05) is 0 Å². The van der Waals surface area contributed by atoms with Crippen molar-refractivity contribution in [1.82, 2.24) is 14.9 Å². The van der Waals surface area contributed by atoms with Gasteiger partial charge in [-0.15, -0.1) is 0 Å². The van der Waals surface area contributed by atoms with E-state index in [2.05, 4.69) is 15.3 Å². The Morgan fingerprint density at radius 2 is 1.60 bits per heavy atom. The Labute approximate surface area is 140 Å². The number of piperidine rings is 1. The maximum Gasteiger partial charge on any atom is 0.253 e. The van der Waals surface area contributed by atoms with Crippen LogP contribution in [0.1, 0.15) is 23.2 Å². The summed E-state index contributed by atoms with van der Waals surface area (Å²) in [5.41, 5.74) is -0.374. The average Bonchev–Trinajstić information content (AvgIpc) is 2.64. The van der Waals surface area contributed by atoms with E-state index in [0.29, 0.717) is 31.5 Å². The molecule has 9 heteroatoms. The largest absolute Gasteiger partial charge is 0.377 e. The van der Waals surface area contributed by atoms with Gasteiger partial charge >= 0.3 is 0 Å². The van der Waals surface area contributed by atoms with E-state index in [0.717, 1.165) is 0 Å². The number of hydrogen-bond donors (Lipinski definition) is 1. The molecule has 0 aromatic carbocycles. The van der Waals surface area contributed by atoms with Crippen molar-refractivity contribution in [3.8, 4) is 0 Å². The molecule has 3 rings (SSSR count). The highest BCUT2D eigenvalue weighted by Gasteiger charge is 2.27. The Kier molecular flexibility index (Phi) is 4.82. The predicted molar refractivity (Wildman–Crippen MR) is 80.9 cm³/mol. The molecule has 2 aromatic rings. The Morgan fingerprint density at radius 3 is 2.16 bits per heavy atom. The molecular formula is C16H14F4N4O. The summed E-state index contributed by atoms with van der Waals surface area (Å²) < 4.78 is 53.6. The van der Waals surface area contributed by atoms with Crippen molar-refractivity contribution in [3.63, 3.8) is 0 Å². The van der Waals surface area contributed by atoms with Crippen molar-refractivity contribution in [1.29, 1.82) is 0 Å². The van der Waals surface area contributed by atoms with Gasteiger partial charge in [0.05, 0.1) is 0 Å². The molecule has 3 heterocycles. The van der Waals surface area contributed by atoms with Crippen molar-refractivity contribution < 1.29 is 22.4 Å². The van der Waals surface area contributed by atoms with Gasteiger partial charge in [0.2, 0.25) is 11.6 Å². The maximum absolute atomic E-state index is 13.6. The SMILES string of the molecule is O=C(c1ccncc1)N1CCC(Nc2c(F)c(F)nc(F)c2F)CC1. The summed E-state index contributed by atoms with van der Waals surface area (Å²) in [5, 5.41) is 2.48. The van der Waals surface area contributed by atoms with Crippen molar-refractivity contribution >= 4 is 11.6 Å². The molecule has 0 unspecified atom stereocenters. The Bertz CT molecular complexity index is 753. The van der Waals surface area contributed by atoms with Gasteiger partial charge in [0.15, 0.2) is 0 Å². The number of nitrogens with one attached hydrogen (secondary N) is 1. The minimum Gasteiger partial charge on any atom is -0.377 e. The number of nitrogens with zero attached hydrogens (tertiary/aromatic N) is 3. The second kappa shape index (κ2) is 7.04. The monoisotopic (exact) mass is 354 g/mol. The number of likely N-dealkylation sites (tertiary alicyclic amines) is 1. The van der Waals surface area contributed by atoms with Crippen LogP contribution in [0, 0.1) is 23.5 Å². The second-order valence-electron chi connectivity index (χ2n) is 5.64. The van der Waals surface area contributed by atoms with Crippen LogP contribution in [0.4, 0.5) is 23.2 Å². The summed E-state index contributed by atoms with van der Waals surface area (Å²) >= 11 is 0. The van der Waals surface area contributed by atoms with Gasteiger partial charge < -0.3 is 10.2 Å². The topological polar surface area (TPSA) is 58.1 Å². The molecule has 2 aromatic heterocycles. The van der Waals surface area contributed by atoms with Crippen LogP contribution in [0.3, 0.4) is 0 Å². The third-order valence-corrected chi connectivity index (χ3v) is 4.06. The van der Waals surface area contributed by atoms with E-state index in [9.17, 15) is 22.4 Å². The number of carbonyl (C=O) groups excluding carboxylic acids is 1. The van der Waals surface area contributed by atoms with Crippen LogP contribution in [-0.4, -0.2) is 39.9 Å². The van der Waals surface area contributed by atoms with Gasteiger partial charge in [0, 0.05) is 37.1 Å². The van der Waals surface area contributed by atoms with Gasteiger partial charge in [-0.25, -0.2) is 0 Å². The van der Waals surface area contributed by atoms with E-state index in [-0.39, 0.29) is 5.91 Å². The van der Waals surface area contributed by atoms with E-state index in [4.69, 9.17) is 0 Å². The first-order valence-corrected chi connectivity index (χ1v) is 7.63. The van der Waals surface area contributed by atoms with Crippen LogP contribution in [-0.2, 0) is 0 Å². The fourth-order valence-electron chi connectivity index (χ4n) is 2.72. The summed E-state index contributed by atoms with van der Waals surface area (Å²) in [7, 11) is 0. The molecule has 132 valence electrons. The fraction of sp³-hybridized carbons (Fsp3) is 0.312. The molecule has 1 aliphatic rings. The highest BCUT2D eigenvalue weighted by Crippen LogP contribution is 2.25. The normalized spacial score (nSPS) is 15.3. The second-order valence-corrected chi connectivity index (χ2v) is 5.64. The van der Waals surface area contributed by atoms with Gasteiger partial charge in [0.25, 0.3) is 17.8 Å². The number of halogens is 4. The number of pyridine rings is 2. The third-order valence-electron chi connectivity index (χ3n) is 4.06. The van der Waals surface area contributed by atoms with Crippen molar-refractivity contribution in [2.45, 2.75) is 18.9 Å². The van der Waals surface area contributed by atoms with Crippen LogP contribution in [0.15, 0.2) is 24.5 Å². The van der Waals surface area contributed by atoms with Gasteiger partial charge in [-0.05, 0) is 25.0 Å². The number of rotatable bonds is 3. The first kappa shape index (κ1) is 17.1. The van der Waals surface area contributed by atoms with Gasteiger partial charge in [-0.3, -0.25) is 9.78 Å². The zero-order valence-electron chi connectivity index (χ0n) is 13.0. The summed E-state index contributed by atoms with van der Waals surface area (Å²) in [6.45, 7) is 0.691. The lowest BCUT2D eigenvalue weighted by Gasteiger charge is -2.33. The molecule has 0 bridgehead atoms. The Morgan fingerprint density at radius 1 is 1.04 bits per heavy atom. The lowest BCUT2D eigenvalue weighted by molar-refractivity contribution is 0.0718. The zero-order chi connectivity index (χ0) is 18.0. The molecule has 1 amide bonds. The number of hydrogen-bond acceptors (Lipinski definition) is 4. The highest BCUT2D eigenvalue weighted by molar-refractivity contribution is 5.94. The molecular weight excluding hydrogens is 340 g/mol. The van der Waals surface area contributed by atoms with E-state index in [1.54, 1.807) is 17.0 Å². The van der Waals surface area contributed by atoms with Gasteiger partial charge in [-0.2, -0.15) is 22.5 Å². The van der Waals surface area contributed by atoms with Crippen molar-refractivity contribution in [3.05, 3.63) is 53.6 Å². The maximum atomic E-state index is 13.6. The summed E-state index contributed by atoms with van der Waals surface area (Å²) in [5.74, 6) is -6.69. The number of aromatic nitrogens is 2. The lowest BCUT2D eigenvalue weighted by Crippen LogP contribution is -2.42. The van der Waals surface area contributed by atoms with Crippen LogP contribution >= 0.6 is 0 Å². The lowest BCUT2D eigenvalue weighted by atomic mass is 10.0. The average molecular weight is 354 g/mol. The zero-order valence-corrected chi connectivity index (χ0v) is 13.0. The molecule has 25 heavy (non-hydrogen) atoms. The molecule has 0 radical (unpaired) electrons. The molecule has 0 saturated carbocycles. The van der Waals surface area contributed by atoms with Crippen molar-refractivity contribution in [2.24, 2.45) is 0 Å². The van der Waals surface area contributed by atoms with Gasteiger partial charge in [0.1, 0.15) is 5.69 Å². The van der Waals surface area contributed by atoms with E-state index >= 15 is 0 Å². The molecule has 5 nitrogen and oxygen atoms in total. The number of anilines is 1. The van der Waals surface area contributed by atoms with Crippen molar-refractivity contribution in [2.75, 3.05) is 18.4 Å². The Balaban J connectivity index is 1.65. The summed E-state index contributed by atoms with van der Waals surface area (Å²) in [4.78, 5) is 20.3. The molecule has 0 spiro atoms. The van der Waals surface area contributed by atoms with E-state index < -0.39 is 35.3 Å². The fourth-order valence-corrected chi connectivity index (χ4v) is 2.72. The minimum absolute atomic E-state index is 0.167. The van der Waals surface area contributed by atoms with Crippen LogP contribution < -0.4 is 5.32 Å². The number of carbonyl (C=O) groups is 1. The van der Waals surface area contributed by atoms with Crippen LogP contribution in [0.5, 0.6) is 0 Å². The smallest absolute Gasteiger partial charge is 0.253 e. The van der Waals surface area contributed by atoms with E-state index in [1.165, 1.54) is 12.4 Å². The minimum atomic E-state index is -1.70. The number of amides is 1. The van der Waals surface area contributed by atoms with E-state index in [1.807, 2.05) is 0 Å². The standard InChI is InChI=1S/C16H14F4N4O/c17-11-13(12(18)15(20)23-14(11)19)22-10-3-7-24(8-4-10)16(25)9-1-5-21-6-2-9/h1-2,5-6,10H,3-4,7-8H2,(H,22,23). The summed E-state index contributed by atoms with van der Waals surface area (Å²) in [6, 6.07) is 2.77. The Hall–Kier alpha value is -2.71. The van der Waals surface area contributed by atoms with Crippen LogP contribution in [0.25, 0.3) is 0 Å². The molecule has 1 fully saturated rings. The molecule has 0 aliphatic carbocycles. The quantitative estimate of drug-likeness (QED) is 0.680. The predicted octanol–water partition coefficient (Wildman–Crippen LogP) is 2.75. The highest BCUT2D eigenvalue weighted by atomic mass is 19.2. The van der Waals surface area contributed by atoms with Crippen LogP contribution in [0.2, 0.25) is 0 Å². The molecule has 1 aliphatic heterocycles.